The molecular weight excluding hydrogens is 381 g/mol. The molecule has 3 aromatic rings. The van der Waals surface area contributed by atoms with E-state index in [1.165, 1.54) is 17.1 Å². The van der Waals surface area contributed by atoms with Crippen molar-refractivity contribution in [1.29, 1.82) is 0 Å². The van der Waals surface area contributed by atoms with Crippen LogP contribution in [-0.2, 0) is 6.54 Å². The number of pyridine rings is 1. The lowest BCUT2D eigenvalue weighted by molar-refractivity contribution is 0.0695. The Morgan fingerprint density at radius 1 is 1.43 bits per heavy atom. The van der Waals surface area contributed by atoms with Crippen molar-refractivity contribution in [2.24, 2.45) is 0 Å². The summed E-state index contributed by atoms with van der Waals surface area (Å²) in [5.74, 6) is -1.82. The van der Waals surface area contributed by atoms with Crippen LogP contribution in [-0.4, -0.2) is 35.3 Å². The molecular formula is C20H20FN3O3S. The molecule has 0 saturated carbocycles. The summed E-state index contributed by atoms with van der Waals surface area (Å²) < 4.78 is 16.6. The standard InChI is InChI=1S/C20H20FN3O3S/c1-2-23-10-13(20(26)27)19(25)12-8-14(21)17(9-16(12)23)24-6-5-22-15(11-24)18-4-3-7-28-18/h3-4,7-10,15,22H,2,5-6,11H2,1H3,(H,26,27). The lowest BCUT2D eigenvalue weighted by atomic mass is 10.1. The highest BCUT2D eigenvalue weighted by atomic mass is 32.1. The molecule has 0 radical (unpaired) electrons. The Bertz CT molecular complexity index is 1090. The highest BCUT2D eigenvalue weighted by molar-refractivity contribution is 7.10. The highest BCUT2D eigenvalue weighted by Crippen LogP contribution is 2.29. The number of fused-ring (bicyclic) bond motifs is 1. The van der Waals surface area contributed by atoms with E-state index in [0.29, 0.717) is 30.8 Å². The summed E-state index contributed by atoms with van der Waals surface area (Å²) >= 11 is 1.66. The predicted octanol–water partition coefficient (Wildman–Crippen LogP) is 3.07. The molecule has 2 aromatic heterocycles. The number of anilines is 1. The van der Waals surface area contributed by atoms with E-state index in [9.17, 15) is 19.1 Å². The molecule has 0 bridgehead atoms. The molecule has 0 amide bonds. The summed E-state index contributed by atoms with van der Waals surface area (Å²) in [5.41, 5.74) is -0.0313. The number of carbonyl (C=O) groups is 1. The molecule has 0 spiro atoms. The maximum absolute atomic E-state index is 15.0. The molecule has 1 fully saturated rings. The SMILES string of the molecule is CCn1cc(C(=O)O)c(=O)c2cc(F)c(N3CCNC(c4cccs4)C3)cc21. The first kappa shape index (κ1) is 18.6. The van der Waals surface area contributed by atoms with Crippen LogP contribution >= 0.6 is 11.3 Å². The van der Waals surface area contributed by atoms with Gasteiger partial charge in [0, 0.05) is 42.6 Å². The van der Waals surface area contributed by atoms with Crippen molar-refractivity contribution in [3.05, 3.63) is 62.3 Å². The second kappa shape index (κ2) is 7.37. The van der Waals surface area contributed by atoms with Gasteiger partial charge in [-0.25, -0.2) is 9.18 Å². The number of aryl methyl sites for hydroxylation is 1. The molecule has 3 heterocycles. The quantitative estimate of drug-likeness (QED) is 0.703. The Labute approximate surface area is 164 Å². The average Bonchev–Trinajstić information content (AvgIpc) is 3.23. The topological polar surface area (TPSA) is 74.6 Å². The third-order valence-electron chi connectivity index (χ3n) is 5.12. The zero-order chi connectivity index (χ0) is 19.8. The number of benzene rings is 1. The lowest BCUT2D eigenvalue weighted by Gasteiger charge is -2.35. The van der Waals surface area contributed by atoms with Crippen LogP contribution in [0.2, 0.25) is 0 Å². The Morgan fingerprint density at radius 3 is 2.93 bits per heavy atom. The summed E-state index contributed by atoms with van der Waals surface area (Å²) in [5, 5.41) is 14.8. The molecule has 1 atom stereocenters. The summed E-state index contributed by atoms with van der Waals surface area (Å²) in [6.45, 7) is 4.32. The molecule has 1 aliphatic rings. The normalized spacial score (nSPS) is 17.2. The van der Waals surface area contributed by atoms with Gasteiger partial charge < -0.3 is 19.9 Å². The van der Waals surface area contributed by atoms with Crippen LogP contribution in [0, 0.1) is 5.82 Å². The van der Waals surface area contributed by atoms with Crippen LogP contribution in [0.3, 0.4) is 0 Å². The maximum Gasteiger partial charge on any atom is 0.341 e. The monoisotopic (exact) mass is 401 g/mol. The van der Waals surface area contributed by atoms with Crippen molar-refractivity contribution in [1.82, 2.24) is 9.88 Å². The van der Waals surface area contributed by atoms with Gasteiger partial charge in [-0.2, -0.15) is 0 Å². The summed E-state index contributed by atoms with van der Waals surface area (Å²) in [6.07, 6.45) is 1.33. The molecule has 28 heavy (non-hydrogen) atoms. The number of nitrogens with one attached hydrogen (secondary N) is 1. The molecule has 8 heteroatoms. The van der Waals surface area contributed by atoms with Crippen molar-refractivity contribution >= 4 is 33.9 Å². The van der Waals surface area contributed by atoms with Crippen LogP contribution < -0.4 is 15.6 Å². The van der Waals surface area contributed by atoms with E-state index < -0.39 is 17.2 Å². The third kappa shape index (κ3) is 3.18. The maximum atomic E-state index is 15.0. The van der Waals surface area contributed by atoms with Crippen molar-refractivity contribution in [3.63, 3.8) is 0 Å². The molecule has 6 nitrogen and oxygen atoms in total. The van der Waals surface area contributed by atoms with Gasteiger partial charge in [-0.1, -0.05) is 6.07 Å². The number of hydrogen-bond acceptors (Lipinski definition) is 5. The van der Waals surface area contributed by atoms with Gasteiger partial charge in [0.15, 0.2) is 0 Å². The Kier molecular flexibility index (Phi) is 4.91. The molecule has 0 aliphatic carbocycles. The highest BCUT2D eigenvalue weighted by Gasteiger charge is 2.25. The third-order valence-corrected chi connectivity index (χ3v) is 6.11. The van der Waals surface area contributed by atoms with Gasteiger partial charge in [-0.05, 0) is 30.5 Å². The number of rotatable bonds is 4. The number of carboxylic acid groups (broad SMARTS) is 1. The minimum absolute atomic E-state index is 0.0907. The predicted molar refractivity (Wildman–Crippen MR) is 108 cm³/mol. The molecule has 146 valence electrons. The largest absolute Gasteiger partial charge is 0.477 e. The van der Waals surface area contributed by atoms with E-state index in [1.54, 1.807) is 22.0 Å². The van der Waals surface area contributed by atoms with Gasteiger partial charge in [-0.15, -0.1) is 11.3 Å². The summed E-state index contributed by atoms with van der Waals surface area (Å²) in [7, 11) is 0. The van der Waals surface area contributed by atoms with Gasteiger partial charge in [-0.3, -0.25) is 4.79 Å². The van der Waals surface area contributed by atoms with Gasteiger partial charge in [0.05, 0.1) is 17.2 Å². The molecule has 2 N–H and O–H groups in total. The Hall–Kier alpha value is -2.71. The minimum atomic E-state index is -1.31. The fourth-order valence-electron chi connectivity index (χ4n) is 3.70. The number of aromatic nitrogens is 1. The molecule has 1 aromatic carbocycles. The summed E-state index contributed by atoms with van der Waals surface area (Å²) in [4.78, 5) is 27.0. The number of halogens is 1. The van der Waals surface area contributed by atoms with Crippen LogP contribution in [0.5, 0.6) is 0 Å². The van der Waals surface area contributed by atoms with E-state index in [0.717, 1.165) is 6.54 Å². The van der Waals surface area contributed by atoms with Gasteiger partial charge in [0.1, 0.15) is 11.4 Å². The Morgan fingerprint density at radius 2 is 2.25 bits per heavy atom. The molecule has 1 aliphatic heterocycles. The van der Waals surface area contributed by atoms with Crippen LogP contribution in [0.25, 0.3) is 10.9 Å². The first-order valence-corrected chi connectivity index (χ1v) is 9.99. The lowest BCUT2D eigenvalue weighted by Crippen LogP contribution is -2.46. The van der Waals surface area contributed by atoms with E-state index >= 15 is 0 Å². The number of hydrogen-bond donors (Lipinski definition) is 2. The van der Waals surface area contributed by atoms with Crippen LogP contribution in [0.4, 0.5) is 10.1 Å². The van der Waals surface area contributed by atoms with Crippen molar-refractivity contribution < 1.29 is 14.3 Å². The van der Waals surface area contributed by atoms with E-state index in [1.807, 2.05) is 23.3 Å². The second-order valence-corrected chi connectivity index (χ2v) is 7.73. The van der Waals surface area contributed by atoms with Crippen molar-refractivity contribution in [2.45, 2.75) is 19.5 Å². The van der Waals surface area contributed by atoms with Crippen LogP contribution in [0.1, 0.15) is 28.2 Å². The number of thiophene rings is 1. The first-order chi connectivity index (χ1) is 13.5. The van der Waals surface area contributed by atoms with E-state index in [-0.39, 0.29) is 17.0 Å². The molecule has 4 rings (SSSR count). The van der Waals surface area contributed by atoms with Crippen molar-refractivity contribution in [2.75, 3.05) is 24.5 Å². The van der Waals surface area contributed by atoms with Gasteiger partial charge in [0.2, 0.25) is 5.43 Å². The molecule has 1 unspecified atom stereocenters. The number of piperazine rings is 1. The fourth-order valence-corrected chi connectivity index (χ4v) is 4.50. The van der Waals surface area contributed by atoms with Gasteiger partial charge in [0.25, 0.3) is 0 Å². The van der Waals surface area contributed by atoms with Crippen LogP contribution in [0.15, 0.2) is 40.6 Å². The van der Waals surface area contributed by atoms with E-state index in [4.69, 9.17) is 0 Å². The molecule has 1 saturated heterocycles. The average molecular weight is 401 g/mol. The van der Waals surface area contributed by atoms with E-state index in [2.05, 4.69) is 11.4 Å². The first-order valence-electron chi connectivity index (χ1n) is 9.11. The number of carboxylic acids is 1. The minimum Gasteiger partial charge on any atom is -0.477 e. The summed E-state index contributed by atoms with van der Waals surface area (Å²) in [6, 6.07) is 7.01. The zero-order valence-corrected chi connectivity index (χ0v) is 16.1. The second-order valence-electron chi connectivity index (χ2n) is 6.75. The fraction of sp³-hybridized carbons (Fsp3) is 0.300. The Balaban J connectivity index is 1.80. The number of aromatic carboxylic acids is 1. The zero-order valence-electron chi connectivity index (χ0n) is 15.3. The van der Waals surface area contributed by atoms with Crippen molar-refractivity contribution in [3.8, 4) is 0 Å². The number of nitrogens with zero attached hydrogens (tertiary/aromatic N) is 2. The smallest absolute Gasteiger partial charge is 0.341 e. The van der Waals surface area contributed by atoms with Gasteiger partial charge >= 0.3 is 5.97 Å².